The summed E-state index contributed by atoms with van der Waals surface area (Å²) >= 11 is 0. The van der Waals surface area contributed by atoms with Crippen LogP contribution in [0.15, 0.2) is 48.5 Å². The minimum Gasteiger partial charge on any atom is -0.493 e. The number of fused-ring (bicyclic) bond motifs is 1. The van der Waals surface area contributed by atoms with Gasteiger partial charge in [-0.05, 0) is 48.4 Å². The molecule has 1 aromatic heterocycles. The van der Waals surface area contributed by atoms with E-state index in [2.05, 4.69) is 5.32 Å². The molecule has 0 radical (unpaired) electrons. The molecule has 2 heterocycles. The van der Waals surface area contributed by atoms with Crippen molar-refractivity contribution in [2.45, 2.75) is 26.1 Å². The third kappa shape index (κ3) is 4.63. The number of nitrogens with one attached hydrogen (secondary N) is 1. The van der Waals surface area contributed by atoms with Crippen LogP contribution in [0.3, 0.4) is 0 Å². The van der Waals surface area contributed by atoms with Gasteiger partial charge >= 0.3 is 6.03 Å². The van der Waals surface area contributed by atoms with Crippen LogP contribution in [-0.4, -0.2) is 41.5 Å². The van der Waals surface area contributed by atoms with Crippen LogP contribution in [0.25, 0.3) is 11.3 Å². The van der Waals surface area contributed by atoms with Gasteiger partial charge in [-0.3, -0.25) is 4.68 Å². The Kier molecular flexibility index (Phi) is 6.06. The molecule has 0 bridgehead atoms. The molecule has 1 aliphatic rings. The van der Waals surface area contributed by atoms with E-state index in [1.54, 1.807) is 31.3 Å². The molecule has 0 spiro atoms. The highest BCUT2D eigenvalue weighted by atomic mass is 19.1. The fourth-order valence-electron chi connectivity index (χ4n) is 3.66. The third-order valence-electron chi connectivity index (χ3n) is 5.34. The van der Waals surface area contributed by atoms with Crippen LogP contribution in [0, 0.1) is 5.82 Å². The number of benzene rings is 2. The summed E-state index contributed by atoms with van der Waals surface area (Å²) in [4.78, 5) is 14.5. The van der Waals surface area contributed by atoms with Crippen molar-refractivity contribution in [3.8, 4) is 22.8 Å². The summed E-state index contributed by atoms with van der Waals surface area (Å²) in [6.45, 7) is 2.20. The molecular weight excluding hydrogens is 399 g/mol. The Balaban J connectivity index is 1.47. The summed E-state index contributed by atoms with van der Waals surface area (Å²) in [5, 5.41) is 7.65. The number of ether oxygens (including phenoxy) is 2. The molecular formula is C23H25FN4O3. The van der Waals surface area contributed by atoms with Crippen molar-refractivity contribution < 1.29 is 18.7 Å². The highest BCUT2D eigenvalue weighted by molar-refractivity contribution is 5.74. The number of carbonyl (C=O) groups is 1. The highest BCUT2D eigenvalue weighted by Gasteiger charge is 2.21. The summed E-state index contributed by atoms with van der Waals surface area (Å²) in [7, 11) is 3.21. The maximum Gasteiger partial charge on any atom is 0.318 e. The normalized spacial score (nSPS) is 13.3. The van der Waals surface area contributed by atoms with Crippen molar-refractivity contribution in [1.82, 2.24) is 20.0 Å². The quantitative estimate of drug-likeness (QED) is 0.676. The van der Waals surface area contributed by atoms with Gasteiger partial charge in [0.1, 0.15) is 5.82 Å². The van der Waals surface area contributed by atoms with Gasteiger partial charge in [0.2, 0.25) is 0 Å². The van der Waals surface area contributed by atoms with Gasteiger partial charge in [-0.15, -0.1) is 0 Å². The predicted molar refractivity (Wildman–Crippen MR) is 114 cm³/mol. The molecule has 0 atom stereocenters. The molecule has 1 N–H and O–H groups in total. The number of amides is 2. The lowest BCUT2D eigenvalue weighted by Crippen LogP contribution is -2.39. The average Bonchev–Trinajstić information content (AvgIpc) is 3.09. The summed E-state index contributed by atoms with van der Waals surface area (Å²) in [6, 6.07) is 13.7. The predicted octanol–water partition coefficient (Wildman–Crippen LogP) is 3.82. The fourth-order valence-corrected chi connectivity index (χ4v) is 3.66. The van der Waals surface area contributed by atoms with E-state index in [-0.39, 0.29) is 11.8 Å². The van der Waals surface area contributed by atoms with E-state index < -0.39 is 0 Å². The smallest absolute Gasteiger partial charge is 0.318 e. The van der Waals surface area contributed by atoms with Crippen LogP contribution in [-0.2, 0) is 19.6 Å². The lowest BCUT2D eigenvalue weighted by molar-refractivity contribution is 0.195. The van der Waals surface area contributed by atoms with E-state index in [9.17, 15) is 9.18 Å². The Morgan fingerprint density at radius 2 is 1.84 bits per heavy atom. The van der Waals surface area contributed by atoms with Crippen molar-refractivity contribution >= 4 is 6.03 Å². The molecule has 0 fully saturated rings. The highest BCUT2D eigenvalue weighted by Crippen LogP contribution is 2.32. The summed E-state index contributed by atoms with van der Waals surface area (Å²) in [6.07, 6.45) is 0.810. The van der Waals surface area contributed by atoms with E-state index in [4.69, 9.17) is 14.6 Å². The maximum absolute atomic E-state index is 13.1. The number of methoxy groups -OCH3 is 2. The maximum atomic E-state index is 13.1. The number of urea groups is 1. The molecule has 2 amide bonds. The summed E-state index contributed by atoms with van der Waals surface area (Å²) in [5.74, 6) is 1.02. The van der Waals surface area contributed by atoms with Crippen molar-refractivity contribution in [3.05, 3.63) is 65.6 Å². The molecule has 0 saturated heterocycles. The first-order valence-corrected chi connectivity index (χ1v) is 10.1. The van der Waals surface area contributed by atoms with E-state index in [0.717, 1.165) is 35.5 Å². The number of aryl methyl sites for hydroxylation is 1. The SMILES string of the molecule is COc1ccc(-c2cc3n(n2)CCCN(C(=O)NCc2ccc(F)cc2)C3)cc1OC. The van der Waals surface area contributed by atoms with Crippen LogP contribution < -0.4 is 14.8 Å². The van der Waals surface area contributed by atoms with Gasteiger partial charge in [0, 0.05) is 25.2 Å². The molecule has 3 aromatic rings. The fraction of sp³-hybridized carbons (Fsp3) is 0.304. The van der Waals surface area contributed by atoms with E-state index in [1.165, 1.54) is 12.1 Å². The molecule has 4 rings (SSSR count). The number of aromatic nitrogens is 2. The van der Waals surface area contributed by atoms with Gasteiger partial charge in [0.15, 0.2) is 11.5 Å². The first-order chi connectivity index (χ1) is 15.1. The van der Waals surface area contributed by atoms with Gasteiger partial charge in [0.05, 0.1) is 32.2 Å². The van der Waals surface area contributed by atoms with Crippen molar-refractivity contribution in [1.29, 1.82) is 0 Å². The number of hydrogen-bond donors (Lipinski definition) is 1. The van der Waals surface area contributed by atoms with Gasteiger partial charge in [-0.1, -0.05) is 12.1 Å². The molecule has 0 aliphatic carbocycles. The van der Waals surface area contributed by atoms with Crippen LogP contribution in [0.1, 0.15) is 17.7 Å². The lowest BCUT2D eigenvalue weighted by atomic mass is 10.1. The zero-order chi connectivity index (χ0) is 21.8. The summed E-state index contributed by atoms with van der Waals surface area (Å²) < 4.78 is 25.7. The molecule has 2 aromatic carbocycles. The molecule has 162 valence electrons. The molecule has 1 aliphatic heterocycles. The Morgan fingerprint density at radius 3 is 2.58 bits per heavy atom. The monoisotopic (exact) mass is 424 g/mol. The van der Waals surface area contributed by atoms with Crippen LogP contribution in [0.4, 0.5) is 9.18 Å². The standard InChI is InChI=1S/C23H25FN4O3/c1-30-21-9-6-17(12-22(21)31-2)20-13-19-15-27(10-3-11-28(19)26-20)23(29)25-14-16-4-7-18(24)8-5-16/h4-9,12-13H,3,10-11,14-15H2,1-2H3,(H,25,29). The number of nitrogens with zero attached hydrogens (tertiary/aromatic N) is 3. The van der Waals surface area contributed by atoms with Crippen LogP contribution in [0.2, 0.25) is 0 Å². The average molecular weight is 424 g/mol. The molecule has 31 heavy (non-hydrogen) atoms. The number of carbonyl (C=O) groups excluding carboxylic acids is 1. The van der Waals surface area contributed by atoms with Gasteiger partial charge in [0.25, 0.3) is 0 Å². The molecule has 8 heteroatoms. The van der Waals surface area contributed by atoms with Crippen LogP contribution in [0.5, 0.6) is 11.5 Å². The minimum atomic E-state index is -0.291. The van der Waals surface area contributed by atoms with Crippen molar-refractivity contribution in [2.75, 3.05) is 20.8 Å². The first kappa shape index (κ1) is 20.7. The van der Waals surface area contributed by atoms with E-state index >= 15 is 0 Å². The Bertz CT molecular complexity index is 1070. The summed E-state index contributed by atoms with van der Waals surface area (Å²) in [5.41, 5.74) is 3.57. The molecule has 0 saturated carbocycles. The second-order valence-corrected chi connectivity index (χ2v) is 7.37. The molecule has 0 unspecified atom stereocenters. The number of hydrogen-bond acceptors (Lipinski definition) is 4. The second kappa shape index (κ2) is 9.07. The zero-order valence-corrected chi connectivity index (χ0v) is 17.6. The Hall–Kier alpha value is -3.55. The van der Waals surface area contributed by atoms with E-state index in [1.807, 2.05) is 28.9 Å². The van der Waals surface area contributed by atoms with Crippen molar-refractivity contribution in [3.63, 3.8) is 0 Å². The second-order valence-electron chi connectivity index (χ2n) is 7.37. The third-order valence-corrected chi connectivity index (χ3v) is 5.34. The largest absolute Gasteiger partial charge is 0.493 e. The first-order valence-electron chi connectivity index (χ1n) is 10.1. The van der Waals surface area contributed by atoms with Gasteiger partial charge < -0.3 is 19.7 Å². The Labute approximate surface area is 180 Å². The van der Waals surface area contributed by atoms with E-state index in [0.29, 0.717) is 31.1 Å². The number of rotatable bonds is 5. The Morgan fingerprint density at radius 1 is 1.06 bits per heavy atom. The van der Waals surface area contributed by atoms with Gasteiger partial charge in [-0.25, -0.2) is 9.18 Å². The number of halogens is 1. The topological polar surface area (TPSA) is 68.6 Å². The minimum absolute atomic E-state index is 0.147. The van der Waals surface area contributed by atoms with Gasteiger partial charge in [-0.2, -0.15) is 5.10 Å². The van der Waals surface area contributed by atoms with Crippen molar-refractivity contribution in [2.24, 2.45) is 0 Å². The molecule has 7 nitrogen and oxygen atoms in total. The lowest BCUT2D eigenvalue weighted by Gasteiger charge is -2.20. The van der Waals surface area contributed by atoms with Crippen LogP contribution >= 0.6 is 0 Å². The zero-order valence-electron chi connectivity index (χ0n) is 17.6.